The first-order chi connectivity index (χ1) is 13.4. The number of rotatable bonds is 6. The fraction of sp³-hybridized carbons (Fsp3) is 0.409. The van der Waals surface area contributed by atoms with Gasteiger partial charge in [-0.25, -0.2) is 13.1 Å². The van der Waals surface area contributed by atoms with Crippen LogP contribution in [0.5, 0.6) is 0 Å². The highest BCUT2D eigenvalue weighted by atomic mass is 32.2. The quantitative estimate of drug-likeness (QED) is 0.811. The minimum Gasteiger partial charge on any atom is -0.338 e. The maximum atomic E-state index is 12.8. The molecule has 1 saturated carbocycles. The molecular formula is C22H26N2O3S. The lowest BCUT2D eigenvalue weighted by molar-refractivity contribution is -0.132. The molecule has 0 unspecified atom stereocenters. The molecule has 2 aromatic rings. The van der Waals surface area contributed by atoms with Crippen LogP contribution in [0.15, 0.2) is 53.4 Å². The van der Waals surface area contributed by atoms with E-state index in [1.807, 2.05) is 48.2 Å². The van der Waals surface area contributed by atoms with Crippen molar-refractivity contribution in [3.63, 3.8) is 0 Å². The monoisotopic (exact) mass is 398 g/mol. The van der Waals surface area contributed by atoms with Gasteiger partial charge < -0.3 is 4.90 Å². The fourth-order valence-electron chi connectivity index (χ4n) is 3.72. The molecule has 0 saturated heterocycles. The normalized spacial score (nSPS) is 17.8. The Bertz CT molecular complexity index is 969. The summed E-state index contributed by atoms with van der Waals surface area (Å²) < 4.78 is 28.4. The second-order valence-electron chi connectivity index (χ2n) is 7.90. The SMILES string of the molecule is C[C@@H](NS(=O)(=O)c1ccc2c(c1)CCN(C(=O)CC1CC1)C2)c1ccccc1. The van der Waals surface area contributed by atoms with E-state index in [0.29, 0.717) is 31.8 Å². The third-order valence-corrected chi connectivity index (χ3v) is 7.18. The number of sulfonamides is 1. The van der Waals surface area contributed by atoms with E-state index >= 15 is 0 Å². The standard InChI is InChI=1S/C22H26N2O3S/c1-16(18-5-3-2-4-6-18)23-28(26,27)21-10-9-20-15-24(12-11-19(20)14-21)22(25)13-17-7-8-17/h2-6,9-10,14,16-17,23H,7-8,11-13,15H2,1H3/t16-/m1/s1. The molecule has 0 spiro atoms. The van der Waals surface area contributed by atoms with Crippen LogP contribution in [-0.2, 0) is 27.8 Å². The van der Waals surface area contributed by atoms with Gasteiger partial charge in [0.1, 0.15) is 0 Å². The molecule has 1 aliphatic heterocycles. The molecule has 1 heterocycles. The van der Waals surface area contributed by atoms with Crippen molar-refractivity contribution in [1.82, 2.24) is 9.62 Å². The summed E-state index contributed by atoms with van der Waals surface area (Å²) in [6, 6.07) is 14.5. The predicted octanol–water partition coefficient (Wildman–Crippen LogP) is 3.41. The van der Waals surface area contributed by atoms with Gasteiger partial charge in [-0.2, -0.15) is 0 Å². The number of nitrogens with one attached hydrogen (secondary N) is 1. The third-order valence-electron chi connectivity index (χ3n) is 5.64. The molecule has 2 aromatic carbocycles. The Labute approximate surface area is 166 Å². The summed E-state index contributed by atoms with van der Waals surface area (Å²) in [5.74, 6) is 0.808. The van der Waals surface area contributed by atoms with E-state index < -0.39 is 10.0 Å². The first kappa shape index (κ1) is 19.2. The van der Waals surface area contributed by atoms with Gasteiger partial charge in [0.05, 0.1) is 4.90 Å². The zero-order chi connectivity index (χ0) is 19.7. The molecule has 0 bridgehead atoms. The Morgan fingerprint density at radius 2 is 1.89 bits per heavy atom. The molecule has 1 atom stereocenters. The van der Waals surface area contributed by atoms with Gasteiger partial charge in [-0.1, -0.05) is 36.4 Å². The molecule has 1 amide bonds. The van der Waals surface area contributed by atoms with E-state index in [-0.39, 0.29) is 16.8 Å². The second-order valence-corrected chi connectivity index (χ2v) is 9.61. The summed E-state index contributed by atoms with van der Waals surface area (Å²) in [7, 11) is -3.61. The summed E-state index contributed by atoms with van der Waals surface area (Å²) in [6.45, 7) is 3.08. The lowest BCUT2D eigenvalue weighted by Gasteiger charge is -2.29. The van der Waals surface area contributed by atoms with Crippen molar-refractivity contribution in [1.29, 1.82) is 0 Å². The number of fused-ring (bicyclic) bond motifs is 1. The number of hydrogen-bond donors (Lipinski definition) is 1. The Balaban J connectivity index is 1.47. The van der Waals surface area contributed by atoms with Crippen molar-refractivity contribution in [3.8, 4) is 0 Å². The lowest BCUT2D eigenvalue weighted by Crippen LogP contribution is -2.36. The van der Waals surface area contributed by atoms with Gasteiger partial charge in [0.15, 0.2) is 0 Å². The zero-order valence-electron chi connectivity index (χ0n) is 16.1. The van der Waals surface area contributed by atoms with Crippen LogP contribution in [-0.4, -0.2) is 25.8 Å². The Kier molecular flexibility index (Phi) is 5.25. The number of hydrogen-bond acceptors (Lipinski definition) is 3. The smallest absolute Gasteiger partial charge is 0.241 e. The van der Waals surface area contributed by atoms with Crippen molar-refractivity contribution < 1.29 is 13.2 Å². The molecular weight excluding hydrogens is 372 g/mol. The molecule has 148 valence electrons. The number of carbonyl (C=O) groups excluding carboxylic acids is 1. The van der Waals surface area contributed by atoms with Crippen molar-refractivity contribution in [2.24, 2.45) is 5.92 Å². The van der Waals surface area contributed by atoms with Gasteiger partial charge >= 0.3 is 0 Å². The maximum absolute atomic E-state index is 12.8. The van der Waals surface area contributed by atoms with E-state index in [0.717, 1.165) is 16.7 Å². The minimum atomic E-state index is -3.61. The van der Waals surface area contributed by atoms with Gasteiger partial charge in [-0.15, -0.1) is 0 Å². The van der Waals surface area contributed by atoms with Crippen LogP contribution in [0.4, 0.5) is 0 Å². The van der Waals surface area contributed by atoms with Crippen molar-refractivity contribution in [2.45, 2.75) is 50.1 Å². The average molecular weight is 399 g/mol. The number of nitrogens with zero attached hydrogens (tertiary/aromatic N) is 1. The van der Waals surface area contributed by atoms with Crippen LogP contribution in [0.3, 0.4) is 0 Å². The predicted molar refractivity (Wildman–Crippen MR) is 108 cm³/mol. The van der Waals surface area contributed by atoms with Crippen LogP contribution in [0.1, 0.15) is 48.9 Å². The van der Waals surface area contributed by atoms with Gasteiger partial charge in [0, 0.05) is 25.6 Å². The minimum absolute atomic E-state index is 0.225. The first-order valence-corrected chi connectivity index (χ1v) is 11.4. The molecule has 1 aliphatic carbocycles. The van der Waals surface area contributed by atoms with Crippen LogP contribution in [0.2, 0.25) is 0 Å². The van der Waals surface area contributed by atoms with Gasteiger partial charge in [0.25, 0.3) is 0 Å². The fourth-order valence-corrected chi connectivity index (χ4v) is 5.00. The van der Waals surface area contributed by atoms with Gasteiger partial charge in [-0.3, -0.25) is 4.79 Å². The third kappa shape index (κ3) is 4.28. The highest BCUT2D eigenvalue weighted by Gasteiger charge is 2.29. The van der Waals surface area contributed by atoms with E-state index in [2.05, 4.69) is 4.72 Å². The highest BCUT2D eigenvalue weighted by molar-refractivity contribution is 7.89. The highest BCUT2D eigenvalue weighted by Crippen LogP contribution is 2.33. The molecule has 28 heavy (non-hydrogen) atoms. The Hall–Kier alpha value is -2.18. The summed E-state index contributed by atoms with van der Waals surface area (Å²) in [5, 5.41) is 0. The van der Waals surface area contributed by atoms with Crippen molar-refractivity contribution in [2.75, 3.05) is 6.54 Å². The lowest BCUT2D eigenvalue weighted by atomic mass is 9.99. The first-order valence-electron chi connectivity index (χ1n) is 9.89. The summed E-state index contributed by atoms with van der Waals surface area (Å²) in [5.41, 5.74) is 2.99. The van der Waals surface area contributed by atoms with E-state index in [1.54, 1.807) is 12.1 Å². The van der Waals surface area contributed by atoms with Crippen LogP contribution in [0, 0.1) is 5.92 Å². The van der Waals surface area contributed by atoms with Crippen molar-refractivity contribution >= 4 is 15.9 Å². The molecule has 5 nitrogen and oxygen atoms in total. The molecule has 0 aromatic heterocycles. The number of carbonyl (C=O) groups is 1. The van der Waals surface area contributed by atoms with Gasteiger partial charge in [-0.05, 0) is 60.9 Å². The summed E-state index contributed by atoms with van der Waals surface area (Å²) >= 11 is 0. The number of amides is 1. The Morgan fingerprint density at radius 1 is 1.14 bits per heavy atom. The van der Waals surface area contributed by atoms with Crippen LogP contribution in [0.25, 0.3) is 0 Å². The van der Waals surface area contributed by atoms with Crippen molar-refractivity contribution in [3.05, 3.63) is 65.2 Å². The van der Waals surface area contributed by atoms with E-state index in [9.17, 15) is 13.2 Å². The average Bonchev–Trinajstić information content (AvgIpc) is 3.51. The maximum Gasteiger partial charge on any atom is 0.241 e. The second kappa shape index (κ2) is 7.68. The summed E-state index contributed by atoms with van der Waals surface area (Å²) in [6.07, 6.45) is 3.70. The molecule has 1 N–H and O–H groups in total. The topological polar surface area (TPSA) is 66.5 Å². The largest absolute Gasteiger partial charge is 0.338 e. The molecule has 0 radical (unpaired) electrons. The number of benzene rings is 2. The molecule has 6 heteroatoms. The van der Waals surface area contributed by atoms with Crippen LogP contribution >= 0.6 is 0 Å². The van der Waals surface area contributed by atoms with E-state index in [1.165, 1.54) is 12.8 Å². The van der Waals surface area contributed by atoms with Crippen LogP contribution < -0.4 is 4.72 Å². The molecule has 4 rings (SSSR count). The van der Waals surface area contributed by atoms with E-state index in [4.69, 9.17) is 0 Å². The van der Waals surface area contributed by atoms with Gasteiger partial charge in [0.2, 0.25) is 15.9 Å². The summed E-state index contributed by atoms with van der Waals surface area (Å²) in [4.78, 5) is 14.6. The zero-order valence-corrected chi connectivity index (χ0v) is 16.9. The Morgan fingerprint density at radius 3 is 2.61 bits per heavy atom. The molecule has 1 fully saturated rings. The molecule has 2 aliphatic rings.